The van der Waals surface area contributed by atoms with Crippen LogP contribution < -0.4 is 0 Å². The molecule has 2 aliphatic rings. The van der Waals surface area contributed by atoms with Crippen molar-refractivity contribution < 1.29 is 4.42 Å². The highest BCUT2D eigenvalue weighted by Crippen LogP contribution is 2.51. The number of thiophene rings is 1. The molecule has 1 saturated heterocycles. The molecule has 2 aromatic rings. The van der Waals surface area contributed by atoms with Crippen LogP contribution in [-0.2, 0) is 13.1 Å². The third-order valence-electron chi connectivity index (χ3n) is 6.17. The normalized spacial score (nSPS) is 23.7. The second-order valence-electron chi connectivity index (χ2n) is 7.70. The predicted octanol–water partition coefficient (Wildman–Crippen LogP) is 4.53. The first-order valence-electron chi connectivity index (χ1n) is 9.15. The minimum absolute atomic E-state index is 0.559. The minimum atomic E-state index is 0.559. The number of rotatable bonds is 5. The van der Waals surface area contributed by atoms with Crippen LogP contribution in [-0.4, -0.2) is 36.0 Å². The van der Waals surface area contributed by atoms with Gasteiger partial charge in [0.05, 0.1) is 12.8 Å². The molecule has 1 aliphatic heterocycles. The number of nitrogens with zero attached hydrogens (tertiary/aromatic N) is 2. The van der Waals surface area contributed by atoms with Crippen LogP contribution in [0.4, 0.5) is 0 Å². The van der Waals surface area contributed by atoms with Crippen molar-refractivity contribution in [1.29, 1.82) is 0 Å². The molecule has 0 N–H and O–H groups in total. The van der Waals surface area contributed by atoms with E-state index in [0.717, 1.165) is 24.9 Å². The smallest absolute Gasteiger partial charge is 0.117 e. The van der Waals surface area contributed by atoms with Gasteiger partial charge in [-0.05, 0) is 82.4 Å². The van der Waals surface area contributed by atoms with E-state index in [9.17, 15) is 0 Å². The lowest BCUT2D eigenvalue weighted by Gasteiger charge is -2.57. The fourth-order valence-corrected chi connectivity index (χ4v) is 5.59. The molecule has 130 valence electrons. The Hall–Kier alpha value is -1.10. The van der Waals surface area contributed by atoms with Crippen LogP contribution in [0.3, 0.4) is 0 Å². The Kier molecular flexibility index (Phi) is 4.54. The molecule has 0 radical (unpaired) electrons. The Balaban J connectivity index is 1.32. The molecular formula is C20H28N2OS. The van der Waals surface area contributed by atoms with E-state index >= 15 is 0 Å². The summed E-state index contributed by atoms with van der Waals surface area (Å²) in [6, 6.07) is 9.36. The average Bonchev–Trinajstić information content (AvgIpc) is 3.19. The monoisotopic (exact) mass is 344 g/mol. The molecule has 24 heavy (non-hydrogen) atoms. The number of likely N-dealkylation sites (tertiary alicyclic amines) is 1. The van der Waals surface area contributed by atoms with Crippen LogP contribution in [0.5, 0.6) is 0 Å². The second kappa shape index (κ2) is 6.66. The zero-order valence-electron chi connectivity index (χ0n) is 14.8. The molecule has 0 amide bonds. The Bertz CT molecular complexity index is 655. The van der Waals surface area contributed by atoms with E-state index in [4.69, 9.17) is 4.42 Å². The summed E-state index contributed by atoms with van der Waals surface area (Å²) >= 11 is 1.95. The zero-order valence-corrected chi connectivity index (χ0v) is 15.6. The van der Waals surface area contributed by atoms with Gasteiger partial charge in [0.2, 0.25) is 0 Å². The Labute approximate surface area is 149 Å². The lowest BCUT2D eigenvalue weighted by Crippen LogP contribution is -2.57. The summed E-state index contributed by atoms with van der Waals surface area (Å²) in [7, 11) is 2.27. The number of aryl methyl sites for hydroxylation is 1. The highest BCUT2D eigenvalue weighted by Gasteiger charge is 2.49. The molecule has 1 atom stereocenters. The number of furan rings is 1. The number of hydrogen-bond acceptors (Lipinski definition) is 4. The van der Waals surface area contributed by atoms with E-state index in [1.807, 2.05) is 17.4 Å². The van der Waals surface area contributed by atoms with Gasteiger partial charge in [-0.15, -0.1) is 11.3 Å². The van der Waals surface area contributed by atoms with Crippen molar-refractivity contribution in [2.45, 2.75) is 51.7 Å². The summed E-state index contributed by atoms with van der Waals surface area (Å²) < 4.78 is 5.54. The summed E-state index contributed by atoms with van der Waals surface area (Å²) in [5, 5.41) is 0. The van der Waals surface area contributed by atoms with Gasteiger partial charge in [0.15, 0.2) is 0 Å². The third-order valence-corrected chi connectivity index (χ3v) is 7.15. The van der Waals surface area contributed by atoms with Gasteiger partial charge in [0.25, 0.3) is 0 Å². The van der Waals surface area contributed by atoms with Crippen molar-refractivity contribution in [3.8, 4) is 0 Å². The predicted molar refractivity (Wildman–Crippen MR) is 99.2 cm³/mol. The fourth-order valence-electron chi connectivity index (χ4n) is 4.66. The maximum absolute atomic E-state index is 5.54. The zero-order chi connectivity index (χ0) is 16.6. The number of piperidine rings is 1. The van der Waals surface area contributed by atoms with E-state index < -0.39 is 0 Å². The lowest BCUT2D eigenvalue weighted by atomic mass is 9.59. The van der Waals surface area contributed by atoms with E-state index in [0.29, 0.717) is 5.41 Å². The van der Waals surface area contributed by atoms with Crippen molar-refractivity contribution in [3.63, 3.8) is 0 Å². The van der Waals surface area contributed by atoms with Crippen LogP contribution in [0.2, 0.25) is 0 Å². The summed E-state index contributed by atoms with van der Waals surface area (Å²) in [6.07, 6.45) is 7.24. The van der Waals surface area contributed by atoms with Crippen LogP contribution in [0.25, 0.3) is 0 Å². The van der Waals surface area contributed by atoms with Gasteiger partial charge in [-0.1, -0.05) is 0 Å². The molecular weight excluding hydrogens is 316 g/mol. The van der Waals surface area contributed by atoms with Gasteiger partial charge < -0.3 is 4.42 Å². The maximum Gasteiger partial charge on any atom is 0.117 e. The SMILES string of the molecule is Cc1ccc(CN2CCC3(CCC3N(C)Cc3ccco3)CC2)s1. The fraction of sp³-hybridized carbons (Fsp3) is 0.600. The first kappa shape index (κ1) is 16.4. The summed E-state index contributed by atoms with van der Waals surface area (Å²) in [5.74, 6) is 1.09. The minimum Gasteiger partial charge on any atom is -0.468 e. The topological polar surface area (TPSA) is 19.6 Å². The van der Waals surface area contributed by atoms with Gasteiger partial charge in [0.1, 0.15) is 5.76 Å². The molecule has 0 bridgehead atoms. The highest BCUT2D eigenvalue weighted by atomic mass is 32.1. The molecule has 1 aliphatic carbocycles. The van der Waals surface area contributed by atoms with Crippen LogP contribution >= 0.6 is 11.3 Å². The van der Waals surface area contributed by atoms with Crippen molar-refractivity contribution in [2.75, 3.05) is 20.1 Å². The van der Waals surface area contributed by atoms with Gasteiger partial charge in [0, 0.05) is 22.3 Å². The molecule has 1 unspecified atom stereocenters. The van der Waals surface area contributed by atoms with Crippen molar-refractivity contribution in [1.82, 2.24) is 9.80 Å². The van der Waals surface area contributed by atoms with Gasteiger partial charge >= 0.3 is 0 Å². The van der Waals surface area contributed by atoms with Crippen LogP contribution in [0.1, 0.15) is 41.2 Å². The molecule has 2 aromatic heterocycles. The summed E-state index contributed by atoms with van der Waals surface area (Å²) in [4.78, 5) is 8.12. The standard InChI is InChI=1S/C20H28N2OS/c1-16-5-6-18(24-16)15-22-11-9-20(10-12-22)8-7-19(20)21(2)14-17-4-3-13-23-17/h3-6,13,19H,7-12,14-15H2,1-2H3. The molecule has 3 nitrogen and oxygen atoms in total. The summed E-state index contributed by atoms with van der Waals surface area (Å²) in [6.45, 7) is 6.79. The highest BCUT2D eigenvalue weighted by molar-refractivity contribution is 7.11. The quantitative estimate of drug-likeness (QED) is 0.795. The molecule has 1 saturated carbocycles. The Morgan fingerprint density at radius 3 is 2.67 bits per heavy atom. The van der Waals surface area contributed by atoms with Gasteiger partial charge in [-0.25, -0.2) is 0 Å². The maximum atomic E-state index is 5.54. The van der Waals surface area contributed by atoms with E-state index in [1.165, 1.54) is 48.5 Å². The molecule has 0 aromatic carbocycles. The van der Waals surface area contributed by atoms with Crippen molar-refractivity contribution >= 4 is 11.3 Å². The molecule has 4 rings (SSSR count). The average molecular weight is 345 g/mol. The number of hydrogen-bond donors (Lipinski definition) is 0. The first-order chi connectivity index (χ1) is 11.6. The molecule has 1 spiro atoms. The lowest BCUT2D eigenvalue weighted by molar-refractivity contribution is -0.0647. The van der Waals surface area contributed by atoms with E-state index in [1.54, 1.807) is 6.26 Å². The van der Waals surface area contributed by atoms with Crippen molar-refractivity contribution in [3.05, 3.63) is 46.0 Å². The Morgan fingerprint density at radius 2 is 2.08 bits per heavy atom. The van der Waals surface area contributed by atoms with Crippen LogP contribution in [0, 0.1) is 12.3 Å². The molecule has 2 fully saturated rings. The van der Waals surface area contributed by atoms with E-state index in [2.05, 4.69) is 42.0 Å². The molecule has 4 heteroatoms. The largest absolute Gasteiger partial charge is 0.468 e. The second-order valence-corrected chi connectivity index (χ2v) is 9.07. The van der Waals surface area contributed by atoms with E-state index in [-0.39, 0.29) is 0 Å². The van der Waals surface area contributed by atoms with Gasteiger partial charge in [-0.2, -0.15) is 0 Å². The Morgan fingerprint density at radius 1 is 1.25 bits per heavy atom. The van der Waals surface area contributed by atoms with Gasteiger partial charge in [-0.3, -0.25) is 9.80 Å². The summed E-state index contributed by atoms with van der Waals surface area (Å²) in [5.41, 5.74) is 0.559. The third kappa shape index (κ3) is 3.19. The molecule has 3 heterocycles. The first-order valence-corrected chi connectivity index (χ1v) is 9.97. The van der Waals surface area contributed by atoms with Crippen molar-refractivity contribution in [2.24, 2.45) is 5.41 Å². The van der Waals surface area contributed by atoms with Crippen LogP contribution in [0.15, 0.2) is 34.9 Å².